The van der Waals surface area contributed by atoms with Gasteiger partial charge in [0.15, 0.2) is 5.82 Å². The zero-order valence-corrected chi connectivity index (χ0v) is 7.15. The molecule has 68 valence electrons. The van der Waals surface area contributed by atoms with Crippen molar-refractivity contribution in [1.82, 2.24) is 14.8 Å². The fraction of sp³-hybridized carbons (Fsp3) is 0.667. The van der Waals surface area contributed by atoms with Crippen LogP contribution < -0.4 is 11.1 Å². The van der Waals surface area contributed by atoms with E-state index >= 15 is 0 Å². The molecule has 0 fully saturated rings. The van der Waals surface area contributed by atoms with Crippen molar-refractivity contribution in [2.75, 3.05) is 19.0 Å². The number of aliphatic hydroxyl groups excluding tert-OH is 1. The van der Waals surface area contributed by atoms with Gasteiger partial charge in [-0.1, -0.05) is 0 Å². The molecular weight excluding hydrogens is 158 g/mol. The number of nitrogens with zero attached hydrogens (tertiary/aromatic N) is 3. The van der Waals surface area contributed by atoms with Gasteiger partial charge in [-0.3, -0.25) is 4.57 Å². The Morgan fingerprint density at radius 3 is 2.75 bits per heavy atom. The van der Waals surface area contributed by atoms with Gasteiger partial charge in [-0.25, -0.2) is 0 Å². The number of nitrogens with one attached hydrogen (secondary N) is 1. The van der Waals surface area contributed by atoms with Gasteiger partial charge in [0.05, 0.1) is 12.6 Å². The number of nitrogens with two attached hydrogens (primary N) is 1. The summed E-state index contributed by atoms with van der Waals surface area (Å²) >= 11 is 0. The third-order valence-electron chi connectivity index (χ3n) is 1.66. The van der Waals surface area contributed by atoms with Crippen LogP contribution in [0.1, 0.15) is 11.9 Å². The lowest BCUT2D eigenvalue weighted by Gasteiger charge is -2.07. The van der Waals surface area contributed by atoms with Crippen LogP contribution in [0.25, 0.3) is 0 Å². The van der Waals surface area contributed by atoms with E-state index in [0.29, 0.717) is 11.8 Å². The number of aliphatic hydroxyl groups is 1. The minimum atomic E-state index is -0.468. The third kappa shape index (κ3) is 1.39. The standard InChI is InChI=1S/C6H13N5O/c1-8-6-10-9-5(11(6)2)4(7)3-12/h4,12H,3,7H2,1-2H3,(H,8,10). The molecule has 1 unspecified atom stereocenters. The maximum Gasteiger partial charge on any atom is 0.224 e. The number of aromatic nitrogens is 3. The minimum absolute atomic E-state index is 0.129. The molecule has 0 spiro atoms. The molecule has 1 heterocycles. The van der Waals surface area contributed by atoms with Crippen molar-refractivity contribution in [3.8, 4) is 0 Å². The summed E-state index contributed by atoms with van der Waals surface area (Å²) in [5.74, 6) is 1.20. The third-order valence-corrected chi connectivity index (χ3v) is 1.66. The van der Waals surface area contributed by atoms with Gasteiger partial charge in [0.2, 0.25) is 5.95 Å². The highest BCUT2D eigenvalue weighted by Crippen LogP contribution is 2.09. The summed E-state index contributed by atoms with van der Waals surface area (Å²) in [6.07, 6.45) is 0. The maximum absolute atomic E-state index is 8.77. The molecule has 0 aliphatic carbocycles. The van der Waals surface area contributed by atoms with Gasteiger partial charge in [-0.2, -0.15) is 0 Å². The molecule has 0 amide bonds. The van der Waals surface area contributed by atoms with Crippen LogP contribution >= 0.6 is 0 Å². The van der Waals surface area contributed by atoms with Crippen molar-refractivity contribution in [2.45, 2.75) is 6.04 Å². The van der Waals surface area contributed by atoms with Crippen LogP contribution in [-0.4, -0.2) is 33.5 Å². The van der Waals surface area contributed by atoms with Crippen LogP contribution in [0.5, 0.6) is 0 Å². The minimum Gasteiger partial charge on any atom is -0.394 e. The first kappa shape index (κ1) is 8.95. The van der Waals surface area contributed by atoms with Crippen LogP contribution in [-0.2, 0) is 7.05 Å². The number of hydrogen-bond acceptors (Lipinski definition) is 5. The zero-order valence-electron chi connectivity index (χ0n) is 7.15. The number of rotatable bonds is 3. The Balaban J connectivity index is 2.93. The molecule has 0 saturated carbocycles. The molecule has 1 rings (SSSR count). The van der Waals surface area contributed by atoms with E-state index in [1.165, 1.54) is 0 Å². The molecule has 0 radical (unpaired) electrons. The van der Waals surface area contributed by atoms with Gasteiger partial charge in [-0.05, 0) is 0 Å². The highest BCUT2D eigenvalue weighted by atomic mass is 16.3. The Labute approximate surface area is 70.4 Å². The molecular formula is C6H13N5O. The molecule has 12 heavy (non-hydrogen) atoms. The average molecular weight is 171 g/mol. The largest absolute Gasteiger partial charge is 0.394 e. The molecule has 6 nitrogen and oxygen atoms in total. The first-order valence-electron chi connectivity index (χ1n) is 3.64. The summed E-state index contributed by atoms with van der Waals surface area (Å²) in [5.41, 5.74) is 5.56. The van der Waals surface area contributed by atoms with Gasteiger partial charge in [0.25, 0.3) is 0 Å². The smallest absolute Gasteiger partial charge is 0.224 e. The molecule has 1 aromatic heterocycles. The molecule has 1 atom stereocenters. The molecule has 6 heteroatoms. The quantitative estimate of drug-likeness (QED) is 0.534. The van der Waals surface area contributed by atoms with E-state index in [1.807, 2.05) is 0 Å². The lowest BCUT2D eigenvalue weighted by atomic mass is 10.3. The zero-order chi connectivity index (χ0) is 9.14. The lowest BCUT2D eigenvalue weighted by Crippen LogP contribution is -2.19. The Kier molecular flexibility index (Phi) is 2.61. The van der Waals surface area contributed by atoms with Gasteiger partial charge < -0.3 is 16.2 Å². The second kappa shape index (κ2) is 3.51. The van der Waals surface area contributed by atoms with Crippen LogP contribution in [0.15, 0.2) is 0 Å². The molecule has 4 N–H and O–H groups in total. The first-order valence-corrected chi connectivity index (χ1v) is 3.64. The van der Waals surface area contributed by atoms with Gasteiger partial charge in [0.1, 0.15) is 0 Å². The first-order chi connectivity index (χ1) is 5.70. The SMILES string of the molecule is CNc1nnc(C(N)CO)n1C. The van der Waals surface area contributed by atoms with Crippen molar-refractivity contribution < 1.29 is 5.11 Å². The van der Waals surface area contributed by atoms with Gasteiger partial charge in [-0.15, -0.1) is 10.2 Å². The van der Waals surface area contributed by atoms with Crippen molar-refractivity contribution in [3.05, 3.63) is 5.82 Å². The van der Waals surface area contributed by atoms with E-state index in [9.17, 15) is 0 Å². The fourth-order valence-electron chi connectivity index (χ4n) is 0.964. The topological polar surface area (TPSA) is 89.0 Å². The van der Waals surface area contributed by atoms with Gasteiger partial charge >= 0.3 is 0 Å². The predicted octanol–water partition coefficient (Wildman–Crippen LogP) is -1.15. The van der Waals surface area contributed by atoms with Crippen LogP contribution in [0.4, 0.5) is 5.95 Å². The summed E-state index contributed by atoms with van der Waals surface area (Å²) in [5, 5.41) is 19.3. The number of hydrogen-bond donors (Lipinski definition) is 3. The summed E-state index contributed by atoms with van der Waals surface area (Å²) < 4.78 is 1.71. The molecule has 0 saturated heterocycles. The Bertz CT molecular complexity index is 258. The average Bonchev–Trinajstić information content (AvgIpc) is 2.45. The van der Waals surface area contributed by atoms with Crippen molar-refractivity contribution in [2.24, 2.45) is 12.8 Å². The van der Waals surface area contributed by atoms with E-state index in [-0.39, 0.29) is 6.61 Å². The highest BCUT2D eigenvalue weighted by molar-refractivity contribution is 5.24. The molecule has 0 bridgehead atoms. The summed E-state index contributed by atoms with van der Waals surface area (Å²) in [4.78, 5) is 0. The normalized spacial score (nSPS) is 13.0. The monoisotopic (exact) mass is 171 g/mol. The van der Waals surface area contributed by atoms with E-state index in [2.05, 4.69) is 15.5 Å². The summed E-state index contributed by atoms with van der Waals surface area (Å²) in [6, 6.07) is -0.468. The lowest BCUT2D eigenvalue weighted by molar-refractivity contribution is 0.261. The number of anilines is 1. The molecule has 0 aromatic carbocycles. The van der Waals surface area contributed by atoms with Crippen LogP contribution in [0.3, 0.4) is 0 Å². The molecule has 0 aliphatic rings. The van der Waals surface area contributed by atoms with Crippen molar-refractivity contribution in [3.63, 3.8) is 0 Å². The maximum atomic E-state index is 8.77. The molecule has 1 aromatic rings. The van der Waals surface area contributed by atoms with E-state index in [4.69, 9.17) is 10.8 Å². The van der Waals surface area contributed by atoms with E-state index in [0.717, 1.165) is 0 Å². The predicted molar refractivity (Wildman–Crippen MR) is 44.6 cm³/mol. The molecule has 0 aliphatic heterocycles. The second-order valence-corrected chi connectivity index (χ2v) is 2.48. The highest BCUT2D eigenvalue weighted by Gasteiger charge is 2.13. The van der Waals surface area contributed by atoms with Crippen LogP contribution in [0.2, 0.25) is 0 Å². The summed E-state index contributed by atoms with van der Waals surface area (Å²) in [6.45, 7) is -0.129. The van der Waals surface area contributed by atoms with Crippen molar-refractivity contribution >= 4 is 5.95 Å². The fourth-order valence-corrected chi connectivity index (χ4v) is 0.964. The summed E-state index contributed by atoms with van der Waals surface area (Å²) in [7, 11) is 3.54. The van der Waals surface area contributed by atoms with E-state index < -0.39 is 6.04 Å². The Morgan fingerprint density at radius 1 is 1.67 bits per heavy atom. The Morgan fingerprint density at radius 2 is 2.33 bits per heavy atom. The Hall–Kier alpha value is -1.14. The second-order valence-electron chi connectivity index (χ2n) is 2.48. The van der Waals surface area contributed by atoms with Crippen LogP contribution in [0, 0.1) is 0 Å². The van der Waals surface area contributed by atoms with Crippen molar-refractivity contribution in [1.29, 1.82) is 0 Å². The van der Waals surface area contributed by atoms with Gasteiger partial charge in [0, 0.05) is 14.1 Å². The van der Waals surface area contributed by atoms with E-state index in [1.54, 1.807) is 18.7 Å².